The predicted octanol–water partition coefficient (Wildman–Crippen LogP) is 2.54. The molecule has 0 radical (unpaired) electrons. The molecule has 1 rings (SSSR count). The normalized spacial score (nSPS) is 12.1. The maximum atomic E-state index is 5.91. The van der Waals surface area contributed by atoms with Crippen molar-refractivity contribution in [2.75, 3.05) is 0 Å². The third kappa shape index (κ3) is 3.37. The molecule has 1 heterocycles. The molecule has 0 bridgehead atoms. The molecule has 1 atom stereocenters. The van der Waals surface area contributed by atoms with Gasteiger partial charge in [0.05, 0.1) is 10.7 Å². The van der Waals surface area contributed by atoms with Gasteiger partial charge in [0.1, 0.15) is 0 Å². The van der Waals surface area contributed by atoms with Crippen molar-refractivity contribution in [3.05, 3.63) is 29.0 Å². The van der Waals surface area contributed by atoms with Crippen molar-refractivity contribution in [3.8, 4) is 12.3 Å². The maximum Gasteiger partial charge on any atom is 0.0589 e. The van der Waals surface area contributed by atoms with E-state index >= 15 is 0 Å². The number of hydrogen-bond donors (Lipinski definition) is 1. The summed E-state index contributed by atoms with van der Waals surface area (Å²) in [4.78, 5) is 4.15. The molecule has 2 nitrogen and oxygen atoms in total. The molecule has 3 heteroatoms. The van der Waals surface area contributed by atoms with Crippen molar-refractivity contribution < 1.29 is 0 Å². The Kier molecular flexibility index (Phi) is 4.45. The zero-order valence-electron chi connectivity index (χ0n) is 7.91. The van der Waals surface area contributed by atoms with Crippen molar-refractivity contribution in [1.29, 1.82) is 0 Å². The van der Waals surface area contributed by atoms with E-state index in [9.17, 15) is 0 Å². The van der Waals surface area contributed by atoms with Crippen LogP contribution >= 0.6 is 11.6 Å². The summed E-state index contributed by atoms with van der Waals surface area (Å²) in [6.07, 6.45) is 9.32. The van der Waals surface area contributed by atoms with Crippen molar-refractivity contribution in [2.45, 2.75) is 25.3 Å². The van der Waals surface area contributed by atoms with Gasteiger partial charge in [-0.1, -0.05) is 11.6 Å². The number of halogens is 1. The molecule has 0 fully saturated rings. The fraction of sp³-hybridized carbons (Fsp3) is 0.364. The lowest BCUT2D eigenvalue weighted by molar-refractivity contribution is 0.606. The Morgan fingerprint density at radius 1 is 1.57 bits per heavy atom. The third-order valence-electron chi connectivity index (χ3n) is 1.97. The summed E-state index contributed by atoms with van der Waals surface area (Å²) < 4.78 is 0. The lowest BCUT2D eigenvalue weighted by atomic mass is 10.1. The summed E-state index contributed by atoms with van der Waals surface area (Å²) in [5.41, 5.74) is 6.78. The van der Waals surface area contributed by atoms with Gasteiger partial charge in [0.15, 0.2) is 0 Å². The summed E-state index contributed by atoms with van der Waals surface area (Å²) in [6.45, 7) is 0. The van der Waals surface area contributed by atoms with Crippen LogP contribution in [0.1, 0.15) is 31.0 Å². The molecule has 1 unspecified atom stereocenters. The van der Waals surface area contributed by atoms with Gasteiger partial charge in [0.2, 0.25) is 0 Å². The van der Waals surface area contributed by atoms with Crippen molar-refractivity contribution in [2.24, 2.45) is 5.73 Å². The van der Waals surface area contributed by atoms with Crippen molar-refractivity contribution in [1.82, 2.24) is 4.98 Å². The molecule has 2 N–H and O–H groups in total. The van der Waals surface area contributed by atoms with Crippen LogP contribution in [0.15, 0.2) is 18.3 Å². The van der Waals surface area contributed by atoms with E-state index < -0.39 is 0 Å². The van der Waals surface area contributed by atoms with Gasteiger partial charge >= 0.3 is 0 Å². The molecule has 14 heavy (non-hydrogen) atoms. The second-order valence-corrected chi connectivity index (χ2v) is 3.54. The predicted molar refractivity (Wildman–Crippen MR) is 58.9 cm³/mol. The fourth-order valence-electron chi connectivity index (χ4n) is 1.18. The number of aromatic nitrogens is 1. The molecule has 0 spiro atoms. The molecule has 74 valence electrons. The monoisotopic (exact) mass is 208 g/mol. The fourth-order valence-corrected chi connectivity index (χ4v) is 1.29. The number of nitrogens with two attached hydrogens (primary N) is 1. The first kappa shape index (κ1) is 11.0. The van der Waals surface area contributed by atoms with E-state index in [2.05, 4.69) is 10.9 Å². The minimum atomic E-state index is -0.0411. The van der Waals surface area contributed by atoms with Gasteiger partial charge in [-0.15, -0.1) is 12.3 Å². The van der Waals surface area contributed by atoms with Crippen LogP contribution in [0.25, 0.3) is 0 Å². The summed E-state index contributed by atoms with van der Waals surface area (Å²) in [7, 11) is 0. The van der Waals surface area contributed by atoms with E-state index in [4.69, 9.17) is 23.8 Å². The van der Waals surface area contributed by atoms with Crippen LogP contribution in [0.2, 0.25) is 5.02 Å². The van der Waals surface area contributed by atoms with Crippen LogP contribution in [0.4, 0.5) is 0 Å². The van der Waals surface area contributed by atoms with E-state index in [-0.39, 0.29) is 6.04 Å². The molecule has 1 aromatic heterocycles. The second kappa shape index (κ2) is 5.64. The largest absolute Gasteiger partial charge is 0.323 e. The number of rotatable bonds is 4. The summed E-state index contributed by atoms with van der Waals surface area (Å²) >= 11 is 5.71. The van der Waals surface area contributed by atoms with E-state index in [1.54, 1.807) is 12.3 Å². The number of hydrogen-bond acceptors (Lipinski definition) is 2. The number of pyridine rings is 1. The molecule has 0 aliphatic rings. The van der Waals surface area contributed by atoms with Gasteiger partial charge in [-0.3, -0.25) is 4.98 Å². The zero-order chi connectivity index (χ0) is 10.4. The van der Waals surface area contributed by atoms with E-state index in [0.717, 1.165) is 25.0 Å². The number of nitrogens with zero attached hydrogens (tertiary/aromatic N) is 1. The first-order chi connectivity index (χ1) is 6.74. The van der Waals surface area contributed by atoms with Crippen LogP contribution in [0.5, 0.6) is 0 Å². The molecular formula is C11H13ClN2. The molecule has 0 saturated heterocycles. The van der Waals surface area contributed by atoms with E-state index in [0.29, 0.717) is 5.02 Å². The van der Waals surface area contributed by atoms with Gasteiger partial charge in [0, 0.05) is 18.7 Å². The highest BCUT2D eigenvalue weighted by molar-refractivity contribution is 6.30. The van der Waals surface area contributed by atoms with Crippen LogP contribution in [0.3, 0.4) is 0 Å². The Morgan fingerprint density at radius 2 is 2.36 bits per heavy atom. The quantitative estimate of drug-likeness (QED) is 0.610. The van der Waals surface area contributed by atoms with Crippen LogP contribution in [-0.2, 0) is 0 Å². The molecule has 0 aliphatic carbocycles. The standard InChI is InChI=1S/C11H13ClN2/c1-2-3-4-5-10(13)11-7-6-9(12)8-14-11/h1,6-8,10H,3-5,13H2. The Morgan fingerprint density at radius 3 is 2.93 bits per heavy atom. The number of unbranched alkanes of at least 4 members (excludes halogenated alkanes) is 1. The highest BCUT2D eigenvalue weighted by Crippen LogP contribution is 2.16. The van der Waals surface area contributed by atoms with Crippen LogP contribution in [-0.4, -0.2) is 4.98 Å². The van der Waals surface area contributed by atoms with Gasteiger partial charge < -0.3 is 5.73 Å². The molecule has 0 amide bonds. The highest BCUT2D eigenvalue weighted by atomic mass is 35.5. The summed E-state index contributed by atoms with van der Waals surface area (Å²) in [5, 5.41) is 0.629. The Bertz CT molecular complexity index is 313. The van der Waals surface area contributed by atoms with E-state index in [1.807, 2.05) is 6.07 Å². The average molecular weight is 209 g/mol. The Balaban J connectivity index is 2.48. The molecule has 0 aliphatic heterocycles. The van der Waals surface area contributed by atoms with Crippen molar-refractivity contribution >= 4 is 11.6 Å². The average Bonchev–Trinajstić information content (AvgIpc) is 2.19. The lowest BCUT2D eigenvalue weighted by Crippen LogP contribution is -2.11. The SMILES string of the molecule is C#CCCCC(N)c1ccc(Cl)cn1. The maximum absolute atomic E-state index is 5.91. The minimum absolute atomic E-state index is 0.0411. The third-order valence-corrected chi connectivity index (χ3v) is 2.19. The molecular weight excluding hydrogens is 196 g/mol. The lowest BCUT2D eigenvalue weighted by Gasteiger charge is -2.09. The smallest absolute Gasteiger partial charge is 0.0589 e. The minimum Gasteiger partial charge on any atom is -0.323 e. The van der Waals surface area contributed by atoms with Crippen LogP contribution < -0.4 is 5.73 Å². The molecule has 1 aromatic rings. The molecule has 0 saturated carbocycles. The van der Waals surface area contributed by atoms with Crippen molar-refractivity contribution in [3.63, 3.8) is 0 Å². The first-order valence-corrected chi connectivity index (χ1v) is 4.92. The van der Waals surface area contributed by atoms with Gasteiger partial charge in [-0.2, -0.15) is 0 Å². The zero-order valence-corrected chi connectivity index (χ0v) is 8.67. The highest BCUT2D eigenvalue weighted by Gasteiger charge is 2.05. The van der Waals surface area contributed by atoms with E-state index in [1.165, 1.54) is 0 Å². The topological polar surface area (TPSA) is 38.9 Å². The summed E-state index contributed by atoms with van der Waals surface area (Å²) in [6, 6.07) is 3.61. The van der Waals surface area contributed by atoms with Gasteiger partial charge in [-0.25, -0.2) is 0 Å². The Hall–Kier alpha value is -1.04. The number of terminal acetylenes is 1. The summed E-state index contributed by atoms with van der Waals surface area (Å²) in [5.74, 6) is 2.59. The van der Waals surface area contributed by atoms with Gasteiger partial charge in [-0.05, 0) is 25.0 Å². The first-order valence-electron chi connectivity index (χ1n) is 4.54. The van der Waals surface area contributed by atoms with Crippen LogP contribution in [0, 0.1) is 12.3 Å². The Labute approximate surface area is 89.5 Å². The second-order valence-electron chi connectivity index (χ2n) is 3.10. The van der Waals surface area contributed by atoms with Gasteiger partial charge in [0.25, 0.3) is 0 Å². The molecule has 0 aromatic carbocycles.